The molecule has 0 radical (unpaired) electrons. The first-order valence-electron chi connectivity index (χ1n) is 8.54. The molecule has 0 bridgehead atoms. The Kier molecular flexibility index (Phi) is 4.27. The summed E-state index contributed by atoms with van der Waals surface area (Å²) >= 11 is 0. The molecule has 2 heterocycles. The fourth-order valence-electron chi connectivity index (χ4n) is 3.13. The Morgan fingerprint density at radius 3 is 2.70 bits per heavy atom. The van der Waals surface area contributed by atoms with Crippen LogP contribution >= 0.6 is 0 Å². The SMILES string of the molecule is COc1cc(OC)c2[nH]c(C(=O)N[C@H](C)c3ccc4c(c3)OCO4)cc2c1. The minimum absolute atomic E-state index is 0.199. The van der Waals surface area contributed by atoms with Gasteiger partial charge in [-0.3, -0.25) is 4.79 Å². The maximum Gasteiger partial charge on any atom is 0.268 e. The molecule has 0 saturated heterocycles. The number of amides is 1. The van der Waals surface area contributed by atoms with Gasteiger partial charge < -0.3 is 29.2 Å². The largest absolute Gasteiger partial charge is 0.497 e. The van der Waals surface area contributed by atoms with E-state index in [0.717, 1.165) is 16.5 Å². The summed E-state index contributed by atoms with van der Waals surface area (Å²) in [6, 6.07) is 10.9. The van der Waals surface area contributed by atoms with E-state index in [1.807, 2.05) is 31.2 Å². The molecular formula is C20H20N2O5. The van der Waals surface area contributed by atoms with Crippen LogP contribution in [0, 0.1) is 0 Å². The summed E-state index contributed by atoms with van der Waals surface area (Å²) in [5.74, 6) is 2.48. The predicted molar refractivity (Wildman–Crippen MR) is 99.8 cm³/mol. The van der Waals surface area contributed by atoms with Gasteiger partial charge in [-0.25, -0.2) is 0 Å². The minimum Gasteiger partial charge on any atom is -0.497 e. The van der Waals surface area contributed by atoms with Crippen LogP contribution in [-0.4, -0.2) is 31.9 Å². The number of carbonyl (C=O) groups is 1. The highest BCUT2D eigenvalue weighted by Gasteiger charge is 2.19. The number of aromatic amines is 1. The van der Waals surface area contributed by atoms with Crippen LogP contribution in [0.25, 0.3) is 10.9 Å². The number of aromatic nitrogens is 1. The van der Waals surface area contributed by atoms with Crippen molar-refractivity contribution < 1.29 is 23.7 Å². The fourth-order valence-corrected chi connectivity index (χ4v) is 3.13. The average Bonchev–Trinajstić information content (AvgIpc) is 3.32. The summed E-state index contributed by atoms with van der Waals surface area (Å²) in [6.45, 7) is 2.14. The number of rotatable bonds is 5. The summed E-state index contributed by atoms with van der Waals surface area (Å²) in [5, 5.41) is 3.83. The lowest BCUT2D eigenvalue weighted by molar-refractivity contribution is 0.0935. The molecule has 3 aromatic rings. The smallest absolute Gasteiger partial charge is 0.268 e. The van der Waals surface area contributed by atoms with Gasteiger partial charge in [0.25, 0.3) is 5.91 Å². The van der Waals surface area contributed by atoms with Crippen molar-refractivity contribution in [2.24, 2.45) is 0 Å². The van der Waals surface area contributed by atoms with E-state index in [4.69, 9.17) is 18.9 Å². The van der Waals surface area contributed by atoms with E-state index in [1.165, 1.54) is 0 Å². The Morgan fingerprint density at radius 2 is 1.93 bits per heavy atom. The van der Waals surface area contributed by atoms with Gasteiger partial charge in [0.15, 0.2) is 11.5 Å². The Balaban J connectivity index is 1.57. The van der Waals surface area contributed by atoms with Crippen LogP contribution in [-0.2, 0) is 0 Å². The van der Waals surface area contributed by atoms with Gasteiger partial charge in [-0.2, -0.15) is 0 Å². The van der Waals surface area contributed by atoms with Crippen LogP contribution in [0.1, 0.15) is 29.0 Å². The molecule has 1 atom stereocenters. The zero-order valence-electron chi connectivity index (χ0n) is 15.3. The second kappa shape index (κ2) is 6.75. The lowest BCUT2D eigenvalue weighted by Crippen LogP contribution is -2.26. The van der Waals surface area contributed by atoms with E-state index in [9.17, 15) is 4.79 Å². The van der Waals surface area contributed by atoms with Gasteiger partial charge in [0.05, 0.1) is 25.8 Å². The maximum absolute atomic E-state index is 12.7. The zero-order valence-corrected chi connectivity index (χ0v) is 15.3. The maximum atomic E-state index is 12.7. The van der Waals surface area contributed by atoms with Crippen molar-refractivity contribution in [1.82, 2.24) is 10.3 Å². The number of hydrogen-bond acceptors (Lipinski definition) is 5. The fraction of sp³-hybridized carbons (Fsp3) is 0.250. The van der Waals surface area contributed by atoms with Gasteiger partial charge in [-0.05, 0) is 36.8 Å². The zero-order chi connectivity index (χ0) is 19.0. The Morgan fingerprint density at radius 1 is 1.11 bits per heavy atom. The number of ether oxygens (including phenoxy) is 4. The molecule has 0 unspecified atom stereocenters. The number of H-pyrrole nitrogens is 1. The molecule has 2 N–H and O–H groups in total. The van der Waals surface area contributed by atoms with Gasteiger partial charge in [-0.15, -0.1) is 0 Å². The van der Waals surface area contributed by atoms with E-state index in [2.05, 4.69) is 10.3 Å². The topological polar surface area (TPSA) is 81.8 Å². The van der Waals surface area contributed by atoms with Gasteiger partial charge >= 0.3 is 0 Å². The molecule has 140 valence electrons. The van der Waals surface area contributed by atoms with Crippen molar-refractivity contribution in [3.63, 3.8) is 0 Å². The van der Waals surface area contributed by atoms with Crippen LogP contribution in [0.2, 0.25) is 0 Å². The molecule has 27 heavy (non-hydrogen) atoms. The number of methoxy groups -OCH3 is 2. The quantitative estimate of drug-likeness (QED) is 0.721. The van der Waals surface area contributed by atoms with E-state index in [1.54, 1.807) is 26.4 Å². The van der Waals surface area contributed by atoms with Crippen LogP contribution in [0.5, 0.6) is 23.0 Å². The first kappa shape index (κ1) is 17.1. The van der Waals surface area contributed by atoms with E-state index in [-0.39, 0.29) is 18.7 Å². The summed E-state index contributed by atoms with van der Waals surface area (Å²) in [4.78, 5) is 15.8. The molecule has 4 rings (SSSR count). The number of benzene rings is 2. The molecule has 7 heteroatoms. The molecule has 1 amide bonds. The van der Waals surface area contributed by atoms with Crippen LogP contribution in [0.15, 0.2) is 36.4 Å². The van der Waals surface area contributed by atoms with Crippen molar-refractivity contribution in [3.8, 4) is 23.0 Å². The Hall–Kier alpha value is -3.35. The van der Waals surface area contributed by atoms with Crippen molar-refractivity contribution in [3.05, 3.63) is 47.7 Å². The van der Waals surface area contributed by atoms with Crippen LogP contribution < -0.4 is 24.3 Å². The second-order valence-electron chi connectivity index (χ2n) is 6.28. The van der Waals surface area contributed by atoms with Crippen LogP contribution in [0.4, 0.5) is 0 Å². The molecule has 0 saturated carbocycles. The molecule has 0 aliphatic carbocycles. The normalized spacial score (nSPS) is 13.4. The lowest BCUT2D eigenvalue weighted by Gasteiger charge is -2.14. The van der Waals surface area contributed by atoms with E-state index < -0.39 is 0 Å². The Bertz CT molecular complexity index is 1010. The van der Waals surface area contributed by atoms with E-state index in [0.29, 0.717) is 28.7 Å². The molecule has 0 fully saturated rings. The second-order valence-corrected chi connectivity index (χ2v) is 6.28. The van der Waals surface area contributed by atoms with Gasteiger partial charge in [0.1, 0.15) is 17.2 Å². The monoisotopic (exact) mass is 368 g/mol. The third kappa shape index (κ3) is 3.12. The third-order valence-corrected chi connectivity index (χ3v) is 4.61. The molecule has 2 aromatic carbocycles. The summed E-state index contributed by atoms with van der Waals surface area (Å²) in [5.41, 5.74) is 2.13. The lowest BCUT2D eigenvalue weighted by atomic mass is 10.1. The van der Waals surface area contributed by atoms with Gasteiger partial charge in [0, 0.05) is 11.5 Å². The Labute approximate surface area is 156 Å². The molecule has 1 aromatic heterocycles. The van der Waals surface area contributed by atoms with Crippen molar-refractivity contribution in [2.45, 2.75) is 13.0 Å². The highest BCUT2D eigenvalue weighted by Crippen LogP contribution is 2.34. The molecular weight excluding hydrogens is 348 g/mol. The molecule has 1 aliphatic heterocycles. The summed E-state index contributed by atoms with van der Waals surface area (Å²) in [7, 11) is 3.17. The highest BCUT2D eigenvalue weighted by molar-refractivity contribution is 6.00. The number of carbonyl (C=O) groups excluding carboxylic acids is 1. The summed E-state index contributed by atoms with van der Waals surface area (Å²) in [6.07, 6.45) is 0. The molecule has 1 aliphatic rings. The summed E-state index contributed by atoms with van der Waals surface area (Å²) < 4.78 is 21.4. The highest BCUT2D eigenvalue weighted by atomic mass is 16.7. The standard InChI is InChI=1S/C20H20N2O5/c1-11(12-4-5-16-17(8-12)27-10-26-16)21-20(23)15-7-13-6-14(24-2)9-18(25-3)19(13)22-15/h4-9,11,22H,10H2,1-3H3,(H,21,23)/t11-/m1/s1. The average molecular weight is 368 g/mol. The number of hydrogen-bond donors (Lipinski definition) is 2. The van der Waals surface area contributed by atoms with Gasteiger partial charge in [-0.1, -0.05) is 6.07 Å². The third-order valence-electron chi connectivity index (χ3n) is 4.61. The molecule has 0 spiro atoms. The number of fused-ring (bicyclic) bond motifs is 2. The first-order valence-corrected chi connectivity index (χ1v) is 8.54. The minimum atomic E-state index is -0.211. The van der Waals surface area contributed by atoms with Crippen molar-refractivity contribution in [1.29, 1.82) is 0 Å². The van der Waals surface area contributed by atoms with Gasteiger partial charge in [0.2, 0.25) is 6.79 Å². The first-order chi connectivity index (χ1) is 13.1. The number of nitrogens with one attached hydrogen (secondary N) is 2. The van der Waals surface area contributed by atoms with Crippen molar-refractivity contribution >= 4 is 16.8 Å². The predicted octanol–water partition coefficient (Wildman–Crippen LogP) is 3.40. The van der Waals surface area contributed by atoms with Crippen molar-refractivity contribution in [2.75, 3.05) is 21.0 Å². The molecule has 7 nitrogen and oxygen atoms in total. The van der Waals surface area contributed by atoms with E-state index >= 15 is 0 Å². The van der Waals surface area contributed by atoms with Crippen LogP contribution in [0.3, 0.4) is 0 Å².